The number of aliphatic hydroxyl groups is 4. The van der Waals surface area contributed by atoms with Crippen LogP contribution < -0.4 is 0 Å². The fraction of sp³-hybridized carbons (Fsp3) is 0.500. The molecule has 1 aromatic carbocycles. The van der Waals surface area contributed by atoms with Gasteiger partial charge in [0, 0.05) is 6.08 Å². The summed E-state index contributed by atoms with van der Waals surface area (Å²) in [7, 11) is 0. The fourth-order valence-corrected chi connectivity index (χ4v) is 3.43. The van der Waals surface area contributed by atoms with Crippen LogP contribution >= 0.6 is 0 Å². The Bertz CT molecular complexity index is 774. The molecule has 2 aliphatic heterocycles. The lowest BCUT2D eigenvalue weighted by atomic mass is 9.94. The van der Waals surface area contributed by atoms with E-state index in [1.54, 1.807) is 24.3 Å². The number of esters is 1. The highest BCUT2D eigenvalue weighted by Gasteiger charge is 2.47. The van der Waals surface area contributed by atoms with Crippen molar-refractivity contribution in [2.75, 3.05) is 13.2 Å². The fourth-order valence-electron chi connectivity index (χ4n) is 3.43. The summed E-state index contributed by atoms with van der Waals surface area (Å²) in [6.45, 7) is -0.658. The van der Waals surface area contributed by atoms with Gasteiger partial charge in [0.2, 0.25) is 0 Å². The van der Waals surface area contributed by atoms with E-state index in [0.717, 1.165) is 11.6 Å². The number of aliphatic carboxylic acids is 1. The summed E-state index contributed by atoms with van der Waals surface area (Å²) in [5.74, 6) is -2.24. The smallest absolute Gasteiger partial charge is 0.328 e. The van der Waals surface area contributed by atoms with Crippen molar-refractivity contribution in [1.29, 1.82) is 0 Å². The van der Waals surface area contributed by atoms with E-state index in [9.17, 15) is 30.0 Å². The molecule has 164 valence electrons. The molecule has 7 atom stereocenters. The maximum Gasteiger partial charge on any atom is 0.328 e. The average Bonchev–Trinajstić information content (AvgIpc) is 3.07. The van der Waals surface area contributed by atoms with E-state index in [-0.39, 0.29) is 13.0 Å². The van der Waals surface area contributed by atoms with Crippen LogP contribution in [0.5, 0.6) is 0 Å². The average molecular weight is 424 g/mol. The minimum absolute atomic E-state index is 0.0715. The number of carboxylic acids is 1. The van der Waals surface area contributed by atoms with Gasteiger partial charge in [-0.3, -0.25) is 4.79 Å². The third-order valence-electron chi connectivity index (χ3n) is 5.15. The highest BCUT2D eigenvalue weighted by atomic mass is 16.7. The second kappa shape index (κ2) is 9.65. The standard InChI is InChI=1S/C20H24O10/c21-8-13-16(24)17(25)18(26)20(29-13)30-14-9-28-19(27)12(14)7-11-3-1-10(2-4-11)5-6-15(22)23/h1-6,12-14,16-18,20-21,24-26H,7-9H2,(H,22,23)/b6-5+/t12?,13-,14+,16-,17+,18-,20?/m1/s1. The molecule has 0 aromatic heterocycles. The van der Waals surface area contributed by atoms with Gasteiger partial charge in [-0.05, 0) is 23.6 Å². The first kappa shape index (κ1) is 22.3. The summed E-state index contributed by atoms with van der Waals surface area (Å²) >= 11 is 0. The summed E-state index contributed by atoms with van der Waals surface area (Å²) in [6.07, 6.45) is -5.16. The van der Waals surface area contributed by atoms with Crippen molar-refractivity contribution in [1.82, 2.24) is 0 Å². The molecule has 30 heavy (non-hydrogen) atoms. The van der Waals surface area contributed by atoms with E-state index in [4.69, 9.17) is 19.3 Å². The Balaban J connectivity index is 1.66. The molecule has 2 heterocycles. The van der Waals surface area contributed by atoms with Gasteiger partial charge in [-0.2, -0.15) is 0 Å². The molecule has 0 amide bonds. The van der Waals surface area contributed by atoms with Crippen LogP contribution in [0.3, 0.4) is 0 Å². The van der Waals surface area contributed by atoms with Crippen molar-refractivity contribution in [3.63, 3.8) is 0 Å². The first-order chi connectivity index (χ1) is 14.3. The number of rotatable bonds is 7. The quantitative estimate of drug-likeness (QED) is 0.262. The molecule has 2 saturated heterocycles. The molecule has 0 aliphatic carbocycles. The van der Waals surface area contributed by atoms with E-state index in [1.165, 1.54) is 6.08 Å². The van der Waals surface area contributed by atoms with Gasteiger partial charge in [0.15, 0.2) is 6.29 Å². The SMILES string of the molecule is O=C(O)/C=C/c1ccc(CC2C(=O)OC[C@@H]2OC2O[C@H](CO)[C@@H](O)[C@H](O)[C@H]2O)cc1. The summed E-state index contributed by atoms with van der Waals surface area (Å²) in [4.78, 5) is 22.8. The molecule has 5 N–H and O–H groups in total. The predicted molar refractivity (Wildman–Crippen MR) is 99.9 cm³/mol. The molecule has 10 nitrogen and oxygen atoms in total. The van der Waals surface area contributed by atoms with Crippen LogP contribution in [0.15, 0.2) is 30.3 Å². The number of carbonyl (C=O) groups excluding carboxylic acids is 1. The van der Waals surface area contributed by atoms with E-state index in [2.05, 4.69) is 0 Å². The van der Waals surface area contributed by atoms with Crippen molar-refractivity contribution >= 4 is 18.0 Å². The highest BCUT2D eigenvalue weighted by molar-refractivity contribution is 5.85. The number of hydrogen-bond acceptors (Lipinski definition) is 9. The van der Waals surface area contributed by atoms with Gasteiger partial charge in [-0.25, -0.2) is 4.79 Å². The van der Waals surface area contributed by atoms with Gasteiger partial charge >= 0.3 is 11.9 Å². The highest BCUT2D eigenvalue weighted by Crippen LogP contribution is 2.29. The zero-order valence-electron chi connectivity index (χ0n) is 15.9. The van der Waals surface area contributed by atoms with E-state index >= 15 is 0 Å². The first-order valence-corrected chi connectivity index (χ1v) is 9.42. The second-order valence-corrected chi connectivity index (χ2v) is 7.23. The maximum atomic E-state index is 12.2. The van der Waals surface area contributed by atoms with Crippen LogP contribution in [-0.4, -0.2) is 87.5 Å². The van der Waals surface area contributed by atoms with Gasteiger partial charge in [0.25, 0.3) is 0 Å². The number of ether oxygens (including phenoxy) is 3. The number of carbonyl (C=O) groups is 2. The van der Waals surface area contributed by atoms with Gasteiger partial charge in [-0.15, -0.1) is 0 Å². The molecule has 0 radical (unpaired) electrons. The maximum absolute atomic E-state index is 12.2. The Kier molecular flexibility index (Phi) is 7.19. The summed E-state index contributed by atoms with van der Waals surface area (Å²) in [5, 5.41) is 47.8. The summed E-state index contributed by atoms with van der Waals surface area (Å²) in [5.41, 5.74) is 1.47. The molecule has 1 aromatic rings. The normalized spacial score (nSPS) is 34.3. The molecule has 0 bridgehead atoms. The van der Waals surface area contributed by atoms with Gasteiger partial charge in [0.05, 0.1) is 12.5 Å². The van der Waals surface area contributed by atoms with Crippen molar-refractivity contribution < 1.29 is 49.3 Å². The lowest BCUT2D eigenvalue weighted by Gasteiger charge is -2.40. The Morgan fingerprint density at radius 2 is 1.83 bits per heavy atom. The number of cyclic esters (lactones) is 1. The molecular weight excluding hydrogens is 400 g/mol. The van der Waals surface area contributed by atoms with Crippen molar-refractivity contribution in [3.05, 3.63) is 41.5 Å². The lowest BCUT2D eigenvalue weighted by Crippen LogP contribution is -2.60. The van der Waals surface area contributed by atoms with Gasteiger partial charge < -0.3 is 39.7 Å². The molecule has 10 heteroatoms. The topological polar surface area (TPSA) is 163 Å². The molecule has 2 aliphatic rings. The Labute approximate surface area is 171 Å². The first-order valence-electron chi connectivity index (χ1n) is 9.42. The van der Waals surface area contributed by atoms with Crippen molar-refractivity contribution in [2.45, 2.75) is 43.2 Å². The van der Waals surface area contributed by atoms with Crippen molar-refractivity contribution in [2.24, 2.45) is 5.92 Å². The number of aliphatic hydroxyl groups excluding tert-OH is 4. The van der Waals surface area contributed by atoms with Crippen LogP contribution in [0.25, 0.3) is 6.08 Å². The summed E-state index contributed by atoms with van der Waals surface area (Å²) in [6, 6.07) is 6.92. The summed E-state index contributed by atoms with van der Waals surface area (Å²) < 4.78 is 16.1. The van der Waals surface area contributed by atoms with E-state index in [0.29, 0.717) is 5.56 Å². The molecular formula is C20H24O10. The predicted octanol–water partition coefficient (Wildman–Crippen LogP) is -1.31. The minimum Gasteiger partial charge on any atom is -0.478 e. The Morgan fingerprint density at radius 1 is 1.13 bits per heavy atom. The van der Waals surface area contributed by atoms with Crippen LogP contribution in [0.1, 0.15) is 11.1 Å². The minimum atomic E-state index is -1.58. The van der Waals surface area contributed by atoms with Gasteiger partial charge in [0.1, 0.15) is 37.1 Å². The van der Waals surface area contributed by atoms with Crippen LogP contribution in [0.2, 0.25) is 0 Å². The lowest BCUT2D eigenvalue weighted by molar-refractivity contribution is -0.313. The van der Waals surface area contributed by atoms with Crippen LogP contribution in [0.4, 0.5) is 0 Å². The zero-order chi connectivity index (χ0) is 21.8. The van der Waals surface area contributed by atoms with Gasteiger partial charge in [-0.1, -0.05) is 24.3 Å². The second-order valence-electron chi connectivity index (χ2n) is 7.23. The third kappa shape index (κ3) is 5.04. The monoisotopic (exact) mass is 424 g/mol. The Morgan fingerprint density at radius 3 is 2.47 bits per heavy atom. The molecule has 2 fully saturated rings. The van der Waals surface area contributed by atoms with Crippen molar-refractivity contribution in [3.8, 4) is 0 Å². The van der Waals surface area contributed by atoms with Crippen LogP contribution in [-0.2, 0) is 30.2 Å². The van der Waals surface area contributed by atoms with Crippen LogP contribution in [0, 0.1) is 5.92 Å². The number of benzene rings is 1. The molecule has 0 spiro atoms. The number of carboxylic acid groups (broad SMARTS) is 1. The van der Waals surface area contributed by atoms with E-state index < -0.39 is 61.3 Å². The molecule has 2 unspecified atom stereocenters. The van der Waals surface area contributed by atoms with E-state index in [1.807, 2.05) is 0 Å². The third-order valence-corrected chi connectivity index (χ3v) is 5.15. The largest absolute Gasteiger partial charge is 0.478 e. The zero-order valence-corrected chi connectivity index (χ0v) is 15.9. The molecule has 3 rings (SSSR count). The Hall–Kier alpha value is -2.34. The molecule has 0 saturated carbocycles. The number of hydrogen-bond donors (Lipinski definition) is 5.